The predicted molar refractivity (Wildman–Crippen MR) is 53.7 cm³/mol. The fraction of sp³-hybridized carbons (Fsp3) is 0.222. The van der Waals surface area contributed by atoms with Crippen LogP contribution in [-0.2, 0) is 6.42 Å². The van der Waals surface area contributed by atoms with Crippen LogP contribution in [0.3, 0.4) is 0 Å². The maximum atomic E-state index is 10.7. The normalized spacial score (nSPS) is 10.7. The van der Waals surface area contributed by atoms with Gasteiger partial charge in [-0.25, -0.2) is 14.3 Å². The van der Waals surface area contributed by atoms with Crippen molar-refractivity contribution in [2.75, 3.05) is 5.73 Å². The van der Waals surface area contributed by atoms with Crippen LogP contribution in [0.1, 0.15) is 23.2 Å². The van der Waals surface area contributed by atoms with E-state index in [1.54, 1.807) is 12.1 Å². The fourth-order valence-electron chi connectivity index (χ4n) is 1.42. The Balaban J connectivity index is 2.74. The highest BCUT2D eigenvalue weighted by Gasteiger charge is 2.12. The lowest BCUT2D eigenvalue weighted by molar-refractivity contribution is 0.0684. The average Bonchev–Trinajstić information content (AvgIpc) is 2.59. The maximum Gasteiger partial charge on any atom is 0.375 e. The molecule has 6 heteroatoms. The molecular formula is C9H10N4O2. The molecule has 0 saturated heterocycles. The van der Waals surface area contributed by atoms with Gasteiger partial charge in [-0.1, -0.05) is 6.92 Å². The van der Waals surface area contributed by atoms with Gasteiger partial charge in [0.15, 0.2) is 5.65 Å². The second-order valence-electron chi connectivity index (χ2n) is 3.14. The molecule has 2 heterocycles. The van der Waals surface area contributed by atoms with Gasteiger partial charge in [0.1, 0.15) is 0 Å². The number of hydrogen-bond donors (Lipinski definition) is 2. The Labute approximate surface area is 85.3 Å². The third-order valence-electron chi connectivity index (χ3n) is 2.09. The van der Waals surface area contributed by atoms with E-state index < -0.39 is 5.97 Å². The monoisotopic (exact) mass is 206 g/mol. The molecule has 0 saturated carbocycles. The molecule has 15 heavy (non-hydrogen) atoms. The van der Waals surface area contributed by atoms with E-state index in [0.717, 1.165) is 5.69 Å². The van der Waals surface area contributed by atoms with E-state index in [2.05, 4.69) is 10.1 Å². The number of nitrogens with two attached hydrogens (primary N) is 1. The van der Waals surface area contributed by atoms with Crippen molar-refractivity contribution in [3.8, 4) is 0 Å². The van der Waals surface area contributed by atoms with Crippen molar-refractivity contribution in [3.63, 3.8) is 0 Å². The van der Waals surface area contributed by atoms with Gasteiger partial charge in [0, 0.05) is 17.4 Å². The van der Waals surface area contributed by atoms with Crippen molar-refractivity contribution in [2.45, 2.75) is 13.3 Å². The lowest BCUT2D eigenvalue weighted by Gasteiger charge is -2.01. The van der Waals surface area contributed by atoms with Gasteiger partial charge in [-0.2, -0.15) is 0 Å². The summed E-state index contributed by atoms with van der Waals surface area (Å²) in [7, 11) is 0. The summed E-state index contributed by atoms with van der Waals surface area (Å²) in [5, 5.41) is 12.6. The molecule has 0 atom stereocenters. The van der Waals surface area contributed by atoms with Crippen LogP contribution in [0.25, 0.3) is 5.65 Å². The van der Waals surface area contributed by atoms with Gasteiger partial charge in [0.25, 0.3) is 5.82 Å². The zero-order chi connectivity index (χ0) is 11.0. The zero-order valence-electron chi connectivity index (χ0n) is 8.14. The van der Waals surface area contributed by atoms with Crippen LogP contribution in [0.4, 0.5) is 5.69 Å². The third-order valence-corrected chi connectivity index (χ3v) is 2.09. The quantitative estimate of drug-likeness (QED) is 0.749. The summed E-state index contributed by atoms with van der Waals surface area (Å²) >= 11 is 0. The number of aryl methyl sites for hydroxylation is 1. The summed E-state index contributed by atoms with van der Waals surface area (Å²) < 4.78 is 1.50. The lowest BCUT2D eigenvalue weighted by atomic mass is 10.2. The Morgan fingerprint density at radius 3 is 2.93 bits per heavy atom. The molecule has 0 radical (unpaired) electrons. The molecule has 0 amide bonds. The molecule has 2 aromatic rings. The first-order valence-electron chi connectivity index (χ1n) is 4.50. The molecule has 0 unspecified atom stereocenters. The van der Waals surface area contributed by atoms with E-state index in [0.29, 0.717) is 17.8 Å². The van der Waals surface area contributed by atoms with Crippen molar-refractivity contribution in [1.82, 2.24) is 14.6 Å². The number of carboxylic acids is 1. The van der Waals surface area contributed by atoms with Gasteiger partial charge in [-0.05, 0) is 12.5 Å². The first-order chi connectivity index (χ1) is 7.11. The van der Waals surface area contributed by atoms with Crippen LogP contribution < -0.4 is 5.73 Å². The highest BCUT2D eigenvalue weighted by molar-refractivity contribution is 5.83. The number of carbonyl (C=O) groups is 1. The van der Waals surface area contributed by atoms with Crippen molar-refractivity contribution in [1.29, 1.82) is 0 Å². The molecule has 0 fully saturated rings. The summed E-state index contributed by atoms with van der Waals surface area (Å²) in [6.45, 7) is 1.94. The summed E-state index contributed by atoms with van der Waals surface area (Å²) in [4.78, 5) is 14.5. The highest BCUT2D eigenvalue weighted by Crippen LogP contribution is 2.12. The molecular weight excluding hydrogens is 196 g/mol. The second kappa shape index (κ2) is 3.23. The zero-order valence-corrected chi connectivity index (χ0v) is 8.14. The number of fused-ring (bicyclic) bond motifs is 1. The van der Waals surface area contributed by atoms with E-state index in [1.807, 2.05) is 6.92 Å². The van der Waals surface area contributed by atoms with Crippen LogP contribution in [0.5, 0.6) is 0 Å². The van der Waals surface area contributed by atoms with Gasteiger partial charge in [-0.15, -0.1) is 5.10 Å². The molecule has 0 aliphatic heterocycles. The number of nitrogens with zero attached hydrogens (tertiary/aromatic N) is 3. The topological polar surface area (TPSA) is 93.5 Å². The predicted octanol–water partition coefficient (Wildman–Crippen LogP) is 0.572. The Kier molecular flexibility index (Phi) is 2.03. The highest BCUT2D eigenvalue weighted by atomic mass is 16.4. The first-order valence-corrected chi connectivity index (χ1v) is 4.50. The molecule has 2 aromatic heterocycles. The Morgan fingerprint density at radius 1 is 1.60 bits per heavy atom. The number of aromatic carboxylic acids is 1. The number of rotatable bonds is 2. The molecule has 0 spiro atoms. The number of hydrogen-bond acceptors (Lipinski definition) is 4. The minimum atomic E-state index is -1.14. The smallest absolute Gasteiger partial charge is 0.375 e. The van der Waals surface area contributed by atoms with Crippen molar-refractivity contribution >= 4 is 17.3 Å². The molecule has 0 aliphatic carbocycles. The lowest BCUT2D eigenvalue weighted by Crippen LogP contribution is -2.02. The fourth-order valence-corrected chi connectivity index (χ4v) is 1.42. The van der Waals surface area contributed by atoms with E-state index in [9.17, 15) is 4.79 Å². The Hall–Kier alpha value is -2.11. The average molecular weight is 206 g/mol. The Bertz CT molecular complexity index is 532. The van der Waals surface area contributed by atoms with Crippen LogP contribution in [0.15, 0.2) is 12.1 Å². The van der Waals surface area contributed by atoms with Crippen LogP contribution in [0, 0.1) is 0 Å². The van der Waals surface area contributed by atoms with Gasteiger partial charge in [0.05, 0.1) is 0 Å². The molecule has 3 N–H and O–H groups in total. The van der Waals surface area contributed by atoms with Gasteiger partial charge < -0.3 is 10.8 Å². The first kappa shape index (κ1) is 9.45. The second-order valence-corrected chi connectivity index (χ2v) is 3.14. The maximum absolute atomic E-state index is 10.7. The van der Waals surface area contributed by atoms with E-state index in [-0.39, 0.29) is 5.82 Å². The third kappa shape index (κ3) is 1.50. The van der Waals surface area contributed by atoms with Crippen LogP contribution in [-0.4, -0.2) is 25.7 Å². The summed E-state index contributed by atoms with van der Waals surface area (Å²) in [6, 6.07) is 3.35. The number of carboxylic acid groups (broad SMARTS) is 1. The van der Waals surface area contributed by atoms with Gasteiger partial charge in [-0.3, -0.25) is 0 Å². The number of nitrogen functional groups attached to an aromatic ring is 1. The molecule has 0 aromatic carbocycles. The van der Waals surface area contributed by atoms with Crippen molar-refractivity contribution in [2.24, 2.45) is 0 Å². The molecule has 78 valence electrons. The van der Waals surface area contributed by atoms with Crippen LogP contribution in [0.2, 0.25) is 0 Å². The largest absolute Gasteiger partial charge is 0.475 e. The summed E-state index contributed by atoms with van der Waals surface area (Å²) in [5.74, 6) is -1.35. The molecule has 2 rings (SSSR count). The molecule has 6 nitrogen and oxygen atoms in total. The van der Waals surface area contributed by atoms with E-state index in [4.69, 9.17) is 10.8 Å². The summed E-state index contributed by atoms with van der Waals surface area (Å²) in [5.41, 5.74) is 7.52. The number of aromatic nitrogens is 3. The minimum Gasteiger partial charge on any atom is -0.475 e. The van der Waals surface area contributed by atoms with Gasteiger partial charge in [0.2, 0.25) is 0 Å². The molecule has 0 bridgehead atoms. The number of anilines is 1. The molecule has 0 aliphatic rings. The Morgan fingerprint density at radius 2 is 2.33 bits per heavy atom. The van der Waals surface area contributed by atoms with Crippen molar-refractivity contribution in [3.05, 3.63) is 23.7 Å². The van der Waals surface area contributed by atoms with Crippen molar-refractivity contribution < 1.29 is 9.90 Å². The van der Waals surface area contributed by atoms with Crippen LogP contribution >= 0.6 is 0 Å². The van der Waals surface area contributed by atoms with Gasteiger partial charge >= 0.3 is 5.97 Å². The standard InChI is InChI=1S/C9H10N4O2/c1-2-6-3-5(10)4-7-11-8(9(14)15)12-13(6)7/h3-4H,2,10H2,1H3,(H,14,15). The summed E-state index contributed by atoms with van der Waals surface area (Å²) in [6.07, 6.45) is 0.712. The van der Waals surface area contributed by atoms with E-state index >= 15 is 0 Å². The minimum absolute atomic E-state index is 0.213. The SMILES string of the molecule is CCc1cc(N)cc2nc(C(=O)O)nn12. The van der Waals surface area contributed by atoms with E-state index in [1.165, 1.54) is 4.52 Å². The number of pyridine rings is 1.